The van der Waals surface area contributed by atoms with Crippen molar-refractivity contribution in [3.63, 3.8) is 0 Å². The first kappa shape index (κ1) is 18.7. The number of nitrogens with zero attached hydrogens (tertiary/aromatic N) is 3. The minimum absolute atomic E-state index is 0.0747. The molecule has 1 N–H and O–H groups in total. The number of carbonyl (C=O) groups excluding carboxylic acids is 1. The fraction of sp³-hybridized carbons (Fsp3) is 0.211. The number of allylic oxidation sites excluding steroid dienone is 1. The van der Waals surface area contributed by atoms with Crippen LogP contribution in [-0.2, 0) is 6.54 Å². The molecule has 0 spiro atoms. The van der Waals surface area contributed by atoms with E-state index in [0.29, 0.717) is 23.3 Å². The second kappa shape index (κ2) is 8.05. The van der Waals surface area contributed by atoms with Crippen LogP contribution < -0.4 is 0 Å². The highest BCUT2D eigenvalue weighted by atomic mass is 79.9. The van der Waals surface area contributed by atoms with Gasteiger partial charge >= 0.3 is 0 Å². The maximum absolute atomic E-state index is 12.6. The van der Waals surface area contributed by atoms with Crippen molar-refractivity contribution in [2.45, 2.75) is 25.5 Å². The van der Waals surface area contributed by atoms with Crippen LogP contribution in [0.15, 0.2) is 52.6 Å². The number of H-pyrrole nitrogens is 1. The van der Waals surface area contributed by atoms with Gasteiger partial charge in [-0.1, -0.05) is 52.0 Å². The van der Waals surface area contributed by atoms with Crippen molar-refractivity contribution >= 4 is 33.5 Å². The zero-order valence-corrected chi connectivity index (χ0v) is 17.0. The molecule has 134 valence electrons. The molecule has 0 aliphatic carbocycles. The van der Waals surface area contributed by atoms with Gasteiger partial charge in [-0.2, -0.15) is 0 Å². The van der Waals surface area contributed by atoms with Gasteiger partial charge in [0.1, 0.15) is 0 Å². The van der Waals surface area contributed by atoms with Crippen molar-refractivity contribution in [3.05, 3.63) is 64.4 Å². The summed E-state index contributed by atoms with van der Waals surface area (Å²) >= 11 is 4.84. The van der Waals surface area contributed by atoms with Crippen molar-refractivity contribution in [3.8, 4) is 11.4 Å². The highest BCUT2D eigenvalue weighted by molar-refractivity contribution is 9.10. The Morgan fingerprint density at radius 3 is 2.88 bits per heavy atom. The van der Waals surface area contributed by atoms with Crippen molar-refractivity contribution in [1.82, 2.24) is 19.7 Å². The molecule has 0 aliphatic heterocycles. The van der Waals surface area contributed by atoms with Crippen molar-refractivity contribution in [1.29, 1.82) is 0 Å². The summed E-state index contributed by atoms with van der Waals surface area (Å²) in [6, 6.07) is 9.73. The Morgan fingerprint density at radius 2 is 2.15 bits per heavy atom. The summed E-state index contributed by atoms with van der Waals surface area (Å²) in [4.78, 5) is 17.1. The average Bonchev–Trinajstić information content (AvgIpc) is 3.20. The molecule has 0 unspecified atom stereocenters. The minimum atomic E-state index is 0.0747. The number of hydrogen-bond acceptors (Lipinski definition) is 4. The highest BCUT2D eigenvalue weighted by Crippen LogP contribution is 2.27. The number of nitrogens with one attached hydrogen (secondary N) is 1. The Morgan fingerprint density at radius 1 is 1.38 bits per heavy atom. The van der Waals surface area contributed by atoms with Gasteiger partial charge in [0.25, 0.3) is 0 Å². The number of Topliss-reactive ketones (excluding diaryl/α,β-unsaturated/α-hetero) is 1. The van der Waals surface area contributed by atoms with Gasteiger partial charge in [0, 0.05) is 33.5 Å². The van der Waals surface area contributed by atoms with Crippen LogP contribution in [0.1, 0.15) is 21.7 Å². The van der Waals surface area contributed by atoms with Crippen LogP contribution in [0.4, 0.5) is 0 Å². The van der Waals surface area contributed by atoms with E-state index in [-0.39, 0.29) is 5.78 Å². The fourth-order valence-electron chi connectivity index (χ4n) is 2.79. The van der Waals surface area contributed by atoms with Gasteiger partial charge in [-0.3, -0.25) is 9.89 Å². The quantitative estimate of drug-likeness (QED) is 0.331. The molecule has 0 saturated carbocycles. The van der Waals surface area contributed by atoms with Gasteiger partial charge in [0.05, 0.1) is 5.75 Å². The van der Waals surface area contributed by atoms with E-state index < -0.39 is 0 Å². The Bertz CT molecular complexity index is 960. The van der Waals surface area contributed by atoms with E-state index in [9.17, 15) is 4.79 Å². The topological polar surface area (TPSA) is 63.6 Å². The predicted molar refractivity (Wildman–Crippen MR) is 109 cm³/mol. The summed E-state index contributed by atoms with van der Waals surface area (Å²) < 4.78 is 3.03. The van der Waals surface area contributed by atoms with E-state index in [0.717, 1.165) is 27.0 Å². The number of carbonyl (C=O) groups is 1. The third kappa shape index (κ3) is 3.83. The summed E-state index contributed by atoms with van der Waals surface area (Å²) in [5, 5.41) is 7.70. The summed E-state index contributed by atoms with van der Waals surface area (Å²) in [5.74, 6) is 1.05. The SMILES string of the molecule is C=CCn1c(C)cc(C(=O)CSc2n[nH]c(-c3ccccc3Br)n2)c1C. The predicted octanol–water partition coefficient (Wildman–Crippen LogP) is 4.81. The Balaban J connectivity index is 1.70. The summed E-state index contributed by atoms with van der Waals surface area (Å²) in [7, 11) is 0. The van der Waals surface area contributed by atoms with Gasteiger partial charge in [0.2, 0.25) is 5.16 Å². The lowest BCUT2D eigenvalue weighted by Crippen LogP contribution is -2.06. The first-order chi connectivity index (χ1) is 12.5. The lowest BCUT2D eigenvalue weighted by atomic mass is 10.2. The van der Waals surface area contributed by atoms with Crippen LogP contribution in [-0.4, -0.2) is 31.3 Å². The third-order valence-electron chi connectivity index (χ3n) is 4.11. The molecule has 0 aliphatic rings. The first-order valence-corrected chi connectivity index (χ1v) is 9.90. The summed E-state index contributed by atoms with van der Waals surface area (Å²) in [6.45, 7) is 8.44. The van der Waals surface area contributed by atoms with Gasteiger partial charge in [0.15, 0.2) is 11.6 Å². The first-order valence-electron chi connectivity index (χ1n) is 8.12. The lowest BCUT2D eigenvalue weighted by molar-refractivity contribution is 0.102. The minimum Gasteiger partial charge on any atom is -0.345 e. The van der Waals surface area contributed by atoms with E-state index in [1.807, 2.05) is 50.3 Å². The summed E-state index contributed by atoms with van der Waals surface area (Å²) in [6.07, 6.45) is 1.83. The number of ketones is 1. The number of aryl methyl sites for hydroxylation is 1. The molecule has 0 saturated heterocycles. The zero-order valence-electron chi connectivity index (χ0n) is 14.6. The summed E-state index contributed by atoms with van der Waals surface area (Å²) in [5.41, 5.74) is 3.71. The maximum Gasteiger partial charge on any atom is 0.209 e. The zero-order chi connectivity index (χ0) is 18.7. The average molecular weight is 431 g/mol. The number of aromatic nitrogens is 4. The Hall–Kier alpha value is -2.12. The smallest absolute Gasteiger partial charge is 0.209 e. The van der Waals surface area contributed by atoms with Gasteiger partial charge in [-0.25, -0.2) is 4.98 Å². The van der Waals surface area contributed by atoms with Crippen LogP contribution >= 0.6 is 27.7 Å². The van der Waals surface area contributed by atoms with Crippen molar-refractivity contribution < 1.29 is 4.79 Å². The van der Waals surface area contributed by atoms with E-state index in [1.54, 1.807) is 0 Å². The standard InChI is InChI=1S/C19H19BrN4OS/c1-4-9-24-12(2)10-15(13(24)3)17(25)11-26-19-21-18(22-23-19)14-7-5-6-8-16(14)20/h4-8,10H,1,9,11H2,2-3H3,(H,21,22,23). The number of benzene rings is 1. The van der Waals surface area contributed by atoms with E-state index in [4.69, 9.17) is 0 Å². The number of halogens is 1. The molecule has 5 nitrogen and oxygen atoms in total. The lowest BCUT2D eigenvalue weighted by Gasteiger charge is -2.05. The molecule has 0 atom stereocenters. The molecule has 1 aromatic carbocycles. The number of hydrogen-bond donors (Lipinski definition) is 1. The van der Waals surface area contributed by atoms with E-state index >= 15 is 0 Å². The van der Waals surface area contributed by atoms with Crippen LogP contribution in [0.5, 0.6) is 0 Å². The molecular weight excluding hydrogens is 412 g/mol. The monoisotopic (exact) mass is 430 g/mol. The third-order valence-corrected chi connectivity index (χ3v) is 5.65. The van der Waals surface area contributed by atoms with Crippen molar-refractivity contribution in [2.75, 3.05) is 5.75 Å². The molecule has 0 bridgehead atoms. The van der Waals surface area contributed by atoms with Crippen LogP contribution in [0.2, 0.25) is 0 Å². The Labute approximate surface area is 165 Å². The largest absolute Gasteiger partial charge is 0.345 e. The molecule has 3 rings (SSSR count). The fourth-order valence-corrected chi connectivity index (χ4v) is 3.94. The molecule has 0 radical (unpaired) electrons. The molecule has 2 heterocycles. The van der Waals surface area contributed by atoms with E-state index in [1.165, 1.54) is 11.8 Å². The van der Waals surface area contributed by atoms with Crippen LogP contribution in [0.3, 0.4) is 0 Å². The second-order valence-corrected chi connectivity index (χ2v) is 7.64. The van der Waals surface area contributed by atoms with Crippen LogP contribution in [0.25, 0.3) is 11.4 Å². The molecule has 7 heteroatoms. The van der Waals surface area contributed by atoms with Gasteiger partial charge in [-0.15, -0.1) is 11.7 Å². The number of rotatable bonds is 7. The molecule has 26 heavy (non-hydrogen) atoms. The maximum atomic E-state index is 12.6. The molecular formula is C19H19BrN4OS. The molecule has 3 aromatic rings. The van der Waals surface area contributed by atoms with E-state index in [2.05, 4.69) is 42.3 Å². The molecule has 0 amide bonds. The Kier molecular flexibility index (Phi) is 5.78. The van der Waals surface area contributed by atoms with Crippen molar-refractivity contribution in [2.24, 2.45) is 0 Å². The van der Waals surface area contributed by atoms with Gasteiger partial charge in [-0.05, 0) is 26.0 Å². The second-order valence-electron chi connectivity index (χ2n) is 5.84. The molecule has 0 fully saturated rings. The number of thioether (sulfide) groups is 1. The van der Waals surface area contributed by atoms with Gasteiger partial charge < -0.3 is 4.57 Å². The normalized spacial score (nSPS) is 10.9. The molecule has 2 aromatic heterocycles. The highest BCUT2D eigenvalue weighted by Gasteiger charge is 2.17. The number of aromatic amines is 1. The van der Waals surface area contributed by atoms with Crippen LogP contribution in [0, 0.1) is 13.8 Å².